The monoisotopic (exact) mass is 267 g/mol. The van der Waals surface area contributed by atoms with Gasteiger partial charge in [0, 0.05) is 16.1 Å². The van der Waals surface area contributed by atoms with Crippen molar-refractivity contribution in [3.63, 3.8) is 0 Å². The summed E-state index contributed by atoms with van der Waals surface area (Å²) < 4.78 is 5.77. The summed E-state index contributed by atoms with van der Waals surface area (Å²) in [6.07, 6.45) is 1.41. The van der Waals surface area contributed by atoms with Crippen molar-refractivity contribution in [3.8, 4) is 0 Å². The van der Waals surface area contributed by atoms with Gasteiger partial charge in [-0.05, 0) is 11.6 Å². The minimum atomic E-state index is -0.504. The highest BCUT2D eigenvalue weighted by molar-refractivity contribution is 5.81. The molecule has 3 rings (SSSR count). The lowest BCUT2D eigenvalue weighted by atomic mass is 10.0. The van der Waals surface area contributed by atoms with Gasteiger partial charge in [-0.2, -0.15) is 0 Å². The van der Waals surface area contributed by atoms with E-state index in [2.05, 4.69) is 0 Å². The Morgan fingerprint density at radius 1 is 1.10 bits per heavy atom. The normalized spacial score (nSPS) is 18.6. The molecule has 0 aromatic heterocycles. The summed E-state index contributed by atoms with van der Waals surface area (Å²) in [5.41, 5.74) is 2.83. The number of nitrogens with zero attached hydrogens (tertiary/aromatic N) is 1. The molecule has 1 heterocycles. The molecule has 1 aliphatic rings. The highest BCUT2D eigenvalue weighted by Gasteiger charge is 2.31. The van der Waals surface area contributed by atoms with Gasteiger partial charge in [0.25, 0.3) is 0 Å². The van der Waals surface area contributed by atoms with Crippen LogP contribution in [0, 0.1) is 10.1 Å². The Morgan fingerprint density at radius 2 is 1.80 bits per heavy atom. The Balaban J connectivity index is 1.99. The van der Waals surface area contributed by atoms with Crippen molar-refractivity contribution < 1.29 is 9.66 Å². The molecule has 0 bridgehead atoms. The molecule has 0 aliphatic carbocycles. The number of hydrogen-bond donors (Lipinski definition) is 0. The van der Waals surface area contributed by atoms with Crippen LogP contribution in [0.1, 0.15) is 22.8 Å². The minimum absolute atomic E-state index is 0.219. The average Bonchev–Trinajstić information content (AvgIpc) is 2.78. The Labute approximate surface area is 116 Å². The van der Waals surface area contributed by atoms with Gasteiger partial charge in [0.05, 0.1) is 0 Å². The standard InChI is InChI=1S/C16H13NO3/c18-17(19)11-16-14-9-5-4-8-13(14)15(20-16)10-12-6-2-1-3-7-12/h1-10,16H,11H2/b15-10-. The fraction of sp³-hybridized carbons (Fsp3) is 0.125. The third-order valence-corrected chi connectivity index (χ3v) is 3.25. The minimum Gasteiger partial charge on any atom is -0.478 e. The van der Waals surface area contributed by atoms with Crippen LogP contribution in [0.15, 0.2) is 54.6 Å². The Morgan fingerprint density at radius 3 is 2.55 bits per heavy atom. The summed E-state index contributed by atoms with van der Waals surface area (Å²) >= 11 is 0. The highest BCUT2D eigenvalue weighted by Crippen LogP contribution is 2.39. The maximum Gasteiger partial charge on any atom is 0.244 e. The first-order chi connectivity index (χ1) is 9.74. The van der Waals surface area contributed by atoms with E-state index in [0.29, 0.717) is 5.76 Å². The third kappa shape index (κ3) is 2.40. The number of nitro groups is 1. The molecular formula is C16H13NO3. The van der Waals surface area contributed by atoms with Crippen LogP contribution in [0.5, 0.6) is 0 Å². The lowest BCUT2D eigenvalue weighted by Gasteiger charge is -2.06. The second-order valence-electron chi connectivity index (χ2n) is 4.63. The fourth-order valence-electron chi connectivity index (χ4n) is 2.37. The lowest BCUT2D eigenvalue weighted by Crippen LogP contribution is -2.11. The van der Waals surface area contributed by atoms with E-state index < -0.39 is 6.10 Å². The van der Waals surface area contributed by atoms with Crippen molar-refractivity contribution in [2.75, 3.05) is 6.54 Å². The van der Waals surface area contributed by atoms with E-state index in [1.807, 2.05) is 60.7 Å². The van der Waals surface area contributed by atoms with Crippen LogP contribution >= 0.6 is 0 Å². The average molecular weight is 267 g/mol. The van der Waals surface area contributed by atoms with Crippen LogP contribution in [0.2, 0.25) is 0 Å². The molecule has 0 fully saturated rings. The van der Waals surface area contributed by atoms with Gasteiger partial charge in [-0.25, -0.2) is 0 Å². The zero-order valence-corrected chi connectivity index (χ0v) is 10.7. The van der Waals surface area contributed by atoms with Crippen LogP contribution < -0.4 is 0 Å². The van der Waals surface area contributed by atoms with Crippen molar-refractivity contribution >= 4 is 11.8 Å². The van der Waals surface area contributed by atoms with E-state index in [0.717, 1.165) is 16.7 Å². The van der Waals surface area contributed by atoms with Crippen molar-refractivity contribution in [1.29, 1.82) is 0 Å². The summed E-state index contributed by atoms with van der Waals surface area (Å²) in [7, 11) is 0. The van der Waals surface area contributed by atoms with Crippen LogP contribution in [-0.4, -0.2) is 11.5 Å². The quantitative estimate of drug-likeness (QED) is 0.631. The van der Waals surface area contributed by atoms with E-state index in [1.54, 1.807) is 0 Å². The molecule has 0 N–H and O–H groups in total. The molecule has 20 heavy (non-hydrogen) atoms. The SMILES string of the molecule is O=[N+]([O-])CC1O/C(=C\c2ccccc2)c2ccccc21. The van der Waals surface area contributed by atoms with Gasteiger partial charge < -0.3 is 4.74 Å². The molecule has 4 nitrogen and oxygen atoms in total. The van der Waals surface area contributed by atoms with Gasteiger partial charge in [0.15, 0.2) is 6.10 Å². The van der Waals surface area contributed by atoms with E-state index in [1.165, 1.54) is 0 Å². The van der Waals surface area contributed by atoms with Gasteiger partial charge in [-0.15, -0.1) is 0 Å². The first-order valence-electron chi connectivity index (χ1n) is 6.38. The van der Waals surface area contributed by atoms with E-state index in [-0.39, 0.29) is 11.5 Å². The number of rotatable bonds is 3. The molecule has 2 aromatic carbocycles. The summed E-state index contributed by atoms with van der Waals surface area (Å²) in [5.74, 6) is 0.693. The Kier molecular flexibility index (Phi) is 3.21. The fourth-order valence-corrected chi connectivity index (χ4v) is 2.37. The zero-order chi connectivity index (χ0) is 13.9. The number of benzene rings is 2. The molecule has 100 valence electrons. The van der Waals surface area contributed by atoms with Crippen molar-refractivity contribution in [1.82, 2.24) is 0 Å². The van der Waals surface area contributed by atoms with Crippen LogP contribution in [0.4, 0.5) is 0 Å². The largest absolute Gasteiger partial charge is 0.478 e. The first-order valence-corrected chi connectivity index (χ1v) is 6.38. The van der Waals surface area contributed by atoms with Gasteiger partial charge in [0.2, 0.25) is 6.54 Å². The molecule has 0 spiro atoms. The van der Waals surface area contributed by atoms with Gasteiger partial charge in [-0.1, -0.05) is 54.6 Å². The molecular weight excluding hydrogens is 254 g/mol. The summed E-state index contributed by atoms with van der Waals surface area (Å²) in [6, 6.07) is 17.4. The summed E-state index contributed by atoms with van der Waals surface area (Å²) in [5, 5.41) is 10.7. The topological polar surface area (TPSA) is 52.4 Å². The van der Waals surface area contributed by atoms with E-state index >= 15 is 0 Å². The Bertz CT molecular complexity index is 664. The molecule has 1 atom stereocenters. The summed E-state index contributed by atoms with van der Waals surface area (Å²) in [6.45, 7) is -0.219. The highest BCUT2D eigenvalue weighted by atomic mass is 16.6. The van der Waals surface area contributed by atoms with Crippen LogP contribution in [0.25, 0.3) is 11.8 Å². The summed E-state index contributed by atoms with van der Waals surface area (Å²) in [4.78, 5) is 10.4. The Hall–Kier alpha value is -2.62. The lowest BCUT2D eigenvalue weighted by molar-refractivity contribution is -0.490. The molecule has 1 unspecified atom stereocenters. The predicted octanol–water partition coefficient (Wildman–Crippen LogP) is 3.53. The molecule has 4 heteroatoms. The molecule has 1 aliphatic heterocycles. The predicted molar refractivity (Wildman–Crippen MR) is 76.4 cm³/mol. The maximum absolute atomic E-state index is 10.7. The van der Waals surface area contributed by atoms with Crippen LogP contribution in [0.3, 0.4) is 0 Å². The molecule has 0 amide bonds. The van der Waals surface area contributed by atoms with Gasteiger partial charge in [0.1, 0.15) is 5.76 Å². The van der Waals surface area contributed by atoms with Gasteiger partial charge >= 0.3 is 0 Å². The van der Waals surface area contributed by atoms with Crippen LogP contribution in [-0.2, 0) is 4.74 Å². The number of ether oxygens (including phenoxy) is 1. The number of hydrogen-bond acceptors (Lipinski definition) is 3. The van der Waals surface area contributed by atoms with Gasteiger partial charge in [-0.3, -0.25) is 10.1 Å². The van der Waals surface area contributed by atoms with Crippen molar-refractivity contribution in [2.24, 2.45) is 0 Å². The van der Waals surface area contributed by atoms with Crippen molar-refractivity contribution in [3.05, 3.63) is 81.4 Å². The van der Waals surface area contributed by atoms with E-state index in [9.17, 15) is 10.1 Å². The molecule has 0 radical (unpaired) electrons. The maximum atomic E-state index is 10.7. The zero-order valence-electron chi connectivity index (χ0n) is 10.7. The molecule has 2 aromatic rings. The molecule has 0 saturated heterocycles. The second-order valence-corrected chi connectivity index (χ2v) is 4.63. The first kappa shape index (κ1) is 12.4. The number of fused-ring (bicyclic) bond motifs is 1. The third-order valence-electron chi connectivity index (χ3n) is 3.25. The smallest absolute Gasteiger partial charge is 0.244 e. The molecule has 0 saturated carbocycles. The second kappa shape index (κ2) is 5.17. The van der Waals surface area contributed by atoms with E-state index in [4.69, 9.17) is 4.74 Å². The van der Waals surface area contributed by atoms with Crippen molar-refractivity contribution in [2.45, 2.75) is 6.10 Å².